The topological polar surface area (TPSA) is 12.0 Å². The van der Waals surface area contributed by atoms with Crippen molar-refractivity contribution in [3.63, 3.8) is 0 Å². The molecule has 78 valence electrons. The van der Waals surface area contributed by atoms with Gasteiger partial charge in [0.15, 0.2) is 0 Å². The van der Waals surface area contributed by atoms with Gasteiger partial charge in [0.25, 0.3) is 0 Å². The average Bonchev–Trinajstić information content (AvgIpc) is 2.26. The number of benzene rings is 1. The molecule has 1 nitrogen and oxygen atoms in total. The molecule has 1 atom stereocenters. The van der Waals surface area contributed by atoms with Crippen molar-refractivity contribution in [2.24, 2.45) is 0 Å². The van der Waals surface area contributed by atoms with Crippen LogP contribution in [0.5, 0.6) is 0 Å². The van der Waals surface area contributed by atoms with Gasteiger partial charge in [-0.3, -0.25) is 0 Å². The van der Waals surface area contributed by atoms with Gasteiger partial charge < -0.3 is 5.32 Å². The predicted molar refractivity (Wildman–Crippen MR) is 62.8 cm³/mol. The van der Waals surface area contributed by atoms with E-state index in [2.05, 4.69) is 50.4 Å². The minimum atomic E-state index is 0.612. The molecule has 0 bridgehead atoms. The van der Waals surface area contributed by atoms with Crippen LogP contribution in [-0.4, -0.2) is 13.1 Å². The Labute approximate surface area is 87.5 Å². The maximum atomic E-state index is 3.38. The van der Waals surface area contributed by atoms with Gasteiger partial charge >= 0.3 is 0 Å². The maximum Gasteiger partial charge on any atom is 0.00173 e. The van der Waals surface area contributed by atoms with E-state index in [4.69, 9.17) is 0 Å². The lowest BCUT2D eigenvalue weighted by atomic mass is 9.99. The van der Waals surface area contributed by atoms with Gasteiger partial charge in [0, 0.05) is 6.54 Å². The summed E-state index contributed by atoms with van der Waals surface area (Å²) in [6.07, 6.45) is 1.13. The van der Waals surface area contributed by atoms with Gasteiger partial charge in [-0.25, -0.2) is 0 Å². The first-order chi connectivity index (χ1) is 6.77. The Morgan fingerprint density at radius 3 is 2.29 bits per heavy atom. The van der Waals surface area contributed by atoms with Crippen LogP contribution in [0.1, 0.15) is 37.8 Å². The molecule has 0 aliphatic rings. The predicted octanol–water partition coefficient (Wildman–Crippen LogP) is 2.96. The highest BCUT2D eigenvalue weighted by Crippen LogP contribution is 2.15. The molecule has 14 heavy (non-hydrogen) atoms. The SMILES string of the molecule is CCNCC(C)c1ccc(CC)cc1. The second-order valence-electron chi connectivity index (χ2n) is 3.80. The van der Waals surface area contributed by atoms with Crippen molar-refractivity contribution in [1.82, 2.24) is 5.32 Å². The minimum absolute atomic E-state index is 0.612. The first kappa shape index (κ1) is 11.3. The summed E-state index contributed by atoms with van der Waals surface area (Å²) >= 11 is 0. The number of likely N-dealkylation sites (N-methyl/N-ethyl adjacent to an activating group) is 1. The zero-order valence-corrected chi connectivity index (χ0v) is 9.51. The van der Waals surface area contributed by atoms with Crippen LogP contribution in [0.15, 0.2) is 24.3 Å². The number of hydrogen-bond acceptors (Lipinski definition) is 1. The minimum Gasteiger partial charge on any atom is -0.316 e. The number of rotatable bonds is 5. The fraction of sp³-hybridized carbons (Fsp3) is 0.538. The molecule has 0 aliphatic heterocycles. The third-order valence-electron chi connectivity index (χ3n) is 2.66. The highest BCUT2D eigenvalue weighted by Gasteiger charge is 2.03. The molecule has 1 rings (SSSR count). The summed E-state index contributed by atoms with van der Waals surface area (Å²) in [7, 11) is 0. The summed E-state index contributed by atoms with van der Waals surface area (Å²) in [6, 6.07) is 8.97. The summed E-state index contributed by atoms with van der Waals surface area (Å²) in [6.45, 7) is 8.73. The van der Waals surface area contributed by atoms with Crippen LogP contribution < -0.4 is 5.32 Å². The normalized spacial score (nSPS) is 12.8. The molecular formula is C13H21N. The second-order valence-corrected chi connectivity index (χ2v) is 3.80. The van der Waals surface area contributed by atoms with Crippen molar-refractivity contribution in [2.75, 3.05) is 13.1 Å². The lowest BCUT2D eigenvalue weighted by Gasteiger charge is -2.12. The summed E-state index contributed by atoms with van der Waals surface area (Å²) in [5.41, 5.74) is 2.85. The Balaban J connectivity index is 2.57. The monoisotopic (exact) mass is 191 g/mol. The Hall–Kier alpha value is -0.820. The Morgan fingerprint density at radius 2 is 1.79 bits per heavy atom. The van der Waals surface area contributed by atoms with Gasteiger partial charge in [-0.2, -0.15) is 0 Å². The number of hydrogen-bond donors (Lipinski definition) is 1. The second kappa shape index (κ2) is 5.82. The summed E-state index contributed by atoms with van der Waals surface area (Å²) in [5.74, 6) is 0.612. The van der Waals surface area contributed by atoms with Gasteiger partial charge in [0.05, 0.1) is 0 Å². The molecule has 0 fully saturated rings. The molecule has 1 aromatic rings. The van der Waals surface area contributed by atoms with Crippen molar-refractivity contribution < 1.29 is 0 Å². The third kappa shape index (κ3) is 3.15. The Kier molecular flexibility index (Phi) is 4.68. The molecule has 1 aromatic carbocycles. The molecule has 0 aliphatic carbocycles. The standard InChI is InChI=1S/C13H21N/c1-4-12-6-8-13(9-7-12)11(3)10-14-5-2/h6-9,11,14H,4-5,10H2,1-3H3. The smallest absolute Gasteiger partial charge is 0.00173 e. The Bertz CT molecular complexity index is 250. The van der Waals surface area contributed by atoms with E-state index in [1.54, 1.807) is 0 Å². The molecule has 0 heterocycles. The third-order valence-corrected chi connectivity index (χ3v) is 2.66. The summed E-state index contributed by atoms with van der Waals surface area (Å²) < 4.78 is 0. The van der Waals surface area contributed by atoms with Crippen molar-refractivity contribution >= 4 is 0 Å². The van der Waals surface area contributed by atoms with Crippen molar-refractivity contribution in [2.45, 2.75) is 33.1 Å². The van der Waals surface area contributed by atoms with E-state index < -0.39 is 0 Å². The summed E-state index contributed by atoms with van der Waals surface area (Å²) in [5, 5.41) is 3.38. The van der Waals surface area contributed by atoms with Crippen LogP contribution in [0.25, 0.3) is 0 Å². The molecule has 0 amide bonds. The zero-order chi connectivity index (χ0) is 10.4. The van der Waals surface area contributed by atoms with Crippen LogP contribution in [0.3, 0.4) is 0 Å². The molecule has 1 N–H and O–H groups in total. The van der Waals surface area contributed by atoms with Crippen LogP contribution in [0.4, 0.5) is 0 Å². The Morgan fingerprint density at radius 1 is 1.14 bits per heavy atom. The van der Waals surface area contributed by atoms with Crippen LogP contribution in [0.2, 0.25) is 0 Å². The number of nitrogens with one attached hydrogen (secondary N) is 1. The largest absolute Gasteiger partial charge is 0.316 e. The molecule has 1 heteroatoms. The van der Waals surface area contributed by atoms with Crippen LogP contribution in [0, 0.1) is 0 Å². The molecule has 0 saturated carbocycles. The zero-order valence-electron chi connectivity index (χ0n) is 9.51. The van der Waals surface area contributed by atoms with E-state index in [9.17, 15) is 0 Å². The van der Waals surface area contributed by atoms with E-state index >= 15 is 0 Å². The highest BCUT2D eigenvalue weighted by molar-refractivity contribution is 5.25. The van der Waals surface area contributed by atoms with Crippen molar-refractivity contribution in [1.29, 1.82) is 0 Å². The average molecular weight is 191 g/mol. The first-order valence-corrected chi connectivity index (χ1v) is 5.57. The molecule has 1 unspecified atom stereocenters. The maximum absolute atomic E-state index is 3.38. The van der Waals surface area contributed by atoms with Crippen LogP contribution >= 0.6 is 0 Å². The lowest BCUT2D eigenvalue weighted by Crippen LogP contribution is -2.19. The lowest BCUT2D eigenvalue weighted by molar-refractivity contribution is 0.635. The van der Waals surface area contributed by atoms with E-state index in [1.165, 1.54) is 11.1 Å². The quantitative estimate of drug-likeness (QED) is 0.754. The van der Waals surface area contributed by atoms with Gasteiger partial charge in [-0.1, -0.05) is 45.0 Å². The van der Waals surface area contributed by atoms with Crippen molar-refractivity contribution in [3.8, 4) is 0 Å². The highest BCUT2D eigenvalue weighted by atomic mass is 14.8. The summed E-state index contributed by atoms with van der Waals surface area (Å²) in [4.78, 5) is 0. The molecule has 0 aromatic heterocycles. The van der Waals surface area contributed by atoms with Crippen LogP contribution in [-0.2, 0) is 6.42 Å². The molecule has 0 radical (unpaired) electrons. The van der Waals surface area contributed by atoms with Gasteiger partial charge in [0.2, 0.25) is 0 Å². The number of aryl methyl sites for hydroxylation is 1. The van der Waals surface area contributed by atoms with Gasteiger partial charge in [-0.05, 0) is 30.0 Å². The van der Waals surface area contributed by atoms with E-state index in [0.29, 0.717) is 5.92 Å². The fourth-order valence-corrected chi connectivity index (χ4v) is 1.56. The van der Waals surface area contributed by atoms with E-state index in [1.807, 2.05) is 0 Å². The first-order valence-electron chi connectivity index (χ1n) is 5.57. The molecule has 0 spiro atoms. The van der Waals surface area contributed by atoms with Gasteiger partial charge in [0.1, 0.15) is 0 Å². The van der Waals surface area contributed by atoms with Crippen molar-refractivity contribution in [3.05, 3.63) is 35.4 Å². The van der Waals surface area contributed by atoms with Gasteiger partial charge in [-0.15, -0.1) is 0 Å². The molecular weight excluding hydrogens is 170 g/mol. The molecule has 0 saturated heterocycles. The fourth-order valence-electron chi connectivity index (χ4n) is 1.56. The van der Waals surface area contributed by atoms with E-state index in [-0.39, 0.29) is 0 Å². The van der Waals surface area contributed by atoms with E-state index in [0.717, 1.165) is 19.5 Å².